The van der Waals surface area contributed by atoms with E-state index < -0.39 is 5.54 Å². The number of nitrogens with two attached hydrogens (primary N) is 1. The summed E-state index contributed by atoms with van der Waals surface area (Å²) in [4.78, 5) is 12.7. The van der Waals surface area contributed by atoms with Gasteiger partial charge in [0.2, 0.25) is 5.91 Å². The molecule has 0 unspecified atom stereocenters. The summed E-state index contributed by atoms with van der Waals surface area (Å²) >= 11 is 5.20. The Labute approximate surface area is 132 Å². The van der Waals surface area contributed by atoms with Gasteiger partial charge in [0, 0.05) is 6.42 Å². The van der Waals surface area contributed by atoms with Gasteiger partial charge in [-0.1, -0.05) is 61.3 Å². The van der Waals surface area contributed by atoms with Gasteiger partial charge in [0.15, 0.2) is 0 Å². The quantitative estimate of drug-likeness (QED) is 0.822. The standard InChI is InChI=1S/C17H24N2OS/c1-13-5-7-14(8-6-13)9-10-15(20)19-17(16(18)21)11-3-2-4-12-17/h5-8H,2-4,9-12H2,1H3,(H2,18,21)(H,19,20). The van der Waals surface area contributed by atoms with E-state index >= 15 is 0 Å². The predicted octanol–water partition coefficient (Wildman–Crippen LogP) is 3.03. The average Bonchev–Trinajstić information content (AvgIpc) is 2.47. The molecule has 1 aromatic rings. The molecule has 3 N–H and O–H groups in total. The first kappa shape index (κ1) is 16.0. The van der Waals surface area contributed by atoms with E-state index in [4.69, 9.17) is 18.0 Å². The Morgan fingerprint density at radius 3 is 2.43 bits per heavy atom. The van der Waals surface area contributed by atoms with Crippen molar-refractivity contribution in [2.75, 3.05) is 0 Å². The number of rotatable bonds is 5. The summed E-state index contributed by atoms with van der Waals surface area (Å²) in [5.74, 6) is 0.0466. The molecule has 0 saturated heterocycles. The molecule has 0 atom stereocenters. The first-order valence-electron chi connectivity index (χ1n) is 7.68. The Morgan fingerprint density at radius 1 is 1.24 bits per heavy atom. The molecule has 21 heavy (non-hydrogen) atoms. The second-order valence-corrected chi connectivity index (χ2v) is 6.48. The van der Waals surface area contributed by atoms with Gasteiger partial charge in [-0.15, -0.1) is 0 Å². The molecule has 0 bridgehead atoms. The summed E-state index contributed by atoms with van der Waals surface area (Å²) in [6, 6.07) is 8.30. The molecule has 3 nitrogen and oxygen atoms in total. The Hall–Kier alpha value is -1.42. The Morgan fingerprint density at radius 2 is 1.86 bits per heavy atom. The van der Waals surface area contributed by atoms with Crippen LogP contribution in [0.4, 0.5) is 0 Å². The third-order valence-corrected chi connectivity index (χ3v) is 4.71. The number of nitrogens with one attached hydrogen (secondary N) is 1. The van der Waals surface area contributed by atoms with E-state index in [9.17, 15) is 4.79 Å². The number of hydrogen-bond acceptors (Lipinski definition) is 2. The van der Waals surface area contributed by atoms with E-state index in [-0.39, 0.29) is 5.91 Å². The highest BCUT2D eigenvalue weighted by Crippen LogP contribution is 2.28. The van der Waals surface area contributed by atoms with Gasteiger partial charge in [0.1, 0.15) is 0 Å². The molecular weight excluding hydrogens is 280 g/mol. The van der Waals surface area contributed by atoms with Crippen LogP contribution in [0.15, 0.2) is 24.3 Å². The number of benzene rings is 1. The maximum atomic E-state index is 12.2. The van der Waals surface area contributed by atoms with Crippen LogP contribution in [0.25, 0.3) is 0 Å². The minimum atomic E-state index is -0.446. The lowest BCUT2D eigenvalue weighted by Gasteiger charge is -2.37. The van der Waals surface area contributed by atoms with Crippen LogP contribution in [0.5, 0.6) is 0 Å². The highest BCUT2D eigenvalue weighted by Gasteiger charge is 2.36. The highest BCUT2D eigenvalue weighted by atomic mass is 32.1. The zero-order valence-electron chi connectivity index (χ0n) is 12.7. The van der Waals surface area contributed by atoms with E-state index in [1.807, 2.05) is 0 Å². The largest absolute Gasteiger partial charge is 0.391 e. The van der Waals surface area contributed by atoms with Gasteiger partial charge in [0.05, 0.1) is 10.5 Å². The summed E-state index contributed by atoms with van der Waals surface area (Å²) in [6.45, 7) is 2.06. The van der Waals surface area contributed by atoms with Crippen molar-refractivity contribution in [3.05, 3.63) is 35.4 Å². The molecule has 1 aliphatic carbocycles. The van der Waals surface area contributed by atoms with Crippen molar-refractivity contribution in [3.8, 4) is 0 Å². The summed E-state index contributed by atoms with van der Waals surface area (Å²) < 4.78 is 0. The zero-order valence-corrected chi connectivity index (χ0v) is 13.5. The van der Waals surface area contributed by atoms with Crippen molar-refractivity contribution in [2.45, 2.75) is 57.4 Å². The Kier molecular flexibility index (Phi) is 5.34. The lowest BCUT2D eigenvalue weighted by molar-refractivity contribution is -0.122. The van der Waals surface area contributed by atoms with E-state index in [0.29, 0.717) is 11.4 Å². The molecule has 114 valence electrons. The van der Waals surface area contributed by atoms with Crippen molar-refractivity contribution in [1.29, 1.82) is 0 Å². The van der Waals surface area contributed by atoms with Crippen LogP contribution in [0.3, 0.4) is 0 Å². The summed E-state index contributed by atoms with van der Waals surface area (Å²) in [6.07, 6.45) is 6.33. The normalized spacial score (nSPS) is 17.2. The fraction of sp³-hybridized carbons (Fsp3) is 0.529. The van der Waals surface area contributed by atoms with Crippen molar-refractivity contribution in [2.24, 2.45) is 5.73 Å². The Bertz CT molecular complexity index is 504. The highest BCUT2D eigenvalue weighted by molar-refractivity contribution is 7.80. The summed E-state index contributed by atoms with van der Waals surface area (Å²) in [5.41, 5.74) is 7.86. The average molecular weight is 304 g/mol. The molecule has 1 fully saturated rings. The van der Waals surface area contributed by atoms with Gasteiger partial charge in [-0.25, -0.2) is 0 Å². The van der Waals surface area contributed by atoms with Crippen LogP contribution in [0.1, 0.15) is 49.7 Å². The molecule has 0 radical (unpaired) electrons. The van der Waals surface area contributed by atoms with Crippen molar-refractivity contribution >= 4 is 23.1 Å². The fourth-order valence-corrected chi connectivity index (χ4v) is 3.19. The minimum Gasteiger partial charge on any atom is -0.391 e. The molecule has 4 heteroatoms. The second kappa shape index (κ2) is 7.03. The number of carbonyl (C=O) groups excluding carboxylic acids is 1. The summed E-state index contributed by atoms with van der Waals surface area (Å²) in [7, 11) is 0. The van der Waals surface area contributed by atoms with Crippen LogP contribution in [0, 0.1) is 6.92 Å². The second-order valence-electron chi connectivity index (χ2n) is 6.04. The molecule has 0 aliphatic heterocycles. The number of hydrogen-bond donors (Lipinski definition) is 2. The van der Waals surface area contributed by atoms with Crippen LogP contribution in [0.2, 0.25) is 0 Å². The number of aryl methyl sites for hydroxylation is 2. The first-order valence-corrected chi connectivity index (χ1v) is 8.09. The zero-order chi connectivity index (χ0) is 15.3. The molecular formula is C17H24N2OS. The number of thiocarbonyl (C=S) groups is 1. The monoisotopic (exact) mass is 304 g/mol. The fourth-order valence-electron chi connectivity index (χ4n) is 2.93. The van der Waals surface area contributed by atoms with Crippen LogP contribution < -0.4 is 11.1 Å². The van der Waals surface area contributed by atoms with Gasteiger partial charge in [-0.2, -0.15) is 0 Å². The van der Waals surface area contributed by atoms with Crippen molar-refractivity contribution < 1.29 is 4.79 Å². The Balaban J connectivity index is 1.90. The third-order valence-electron chi connectivity index (χ3n) is 4.32. The van der Waals surface area contributed by atoms with Gasteiger partial charge < -0.3 is 11.1 Å². The number of carbonyl (C=O) groups is 1. The molecule has 2 rings (SSSR count). The third kappa shape index (κ3) is 4.27. The molecule has 1 amide bonds. The SMILES string of the molecule is Cc1ccc(CCC(=O)NC2(C(N)=S)CCCCC2)cc1. The maximum absolute atomic E-state index is 12.2. The van der Waals surface area contributed by atoms with E-state index in [0.717, 1.165) is 32.1 Å². The smallest absolute Gasteiger partial charge is 0.221 e. The molecule has 0 spiro atoms. The summed E-state index contributed by atoms with van der Waals surface area (Å²) in [5, 5.41) is 3.11. The molecule has 1 aromatic carbocycles. The lowest BCUT2D eigenvalue weighted by atomic mass is 9.81. The van der Waals surface area contributed by atoms with Crippen molar-refractivity contribution in [1.82, 2.24) is 5.32 Å². The van der Waals surface area contributed by atoms with Crippen molar-refractivity contribution in [3.63, 3.8) is 0 Å². The number of amides is 1. The molecule has 1 saturated carbocycles. The lowest BCUT2D eigenvalue weighted by Crippen LogP contribution is -2.57. The first-order chi connectivity index (χ1) is 10.0. The maximum Gasteiger partial charge on any atom is 0.221 e. The van der Waals surface area contributed by atoms with Gasteiger partial charge >= 0.3 is 0 Å². The van der Waals surface area contributed by atoms with Crippen LogP contribution in [-0.2, 0) is 11.2 Å². The van der Waals surface area contributed by atoms with E-state index in [1.165, 1.54) is 17.5 Å². The van der Waals surface area contributed by atoms with Gasteiger partial charge in [0.25, 0.3) is 0 Å². The molecule has 1 aliphatic rings. The topological polar surface area (TPSA) is 55.1 Å². The molecule has 0 heterocycles. The predicted molar refractivity (Wildman–Crippen MR) is 90.2 cm³/mol. The van der Waals surface area contributed by atoms with Crippen LogP contribution in [-0.4, -0.2) is 16.4 Å². The van der Waals surface area contributed by atoms with Gasteiger partial charge in [-0.3, -0.25) is 4.79 Å². The van der Waals surface area contributed by atoms with E-state index in [1.54, 1.807) is 0 Å². The minimum absolute atomic E-state index is 0.0466. The van der Waals surface area contributed by atoms with Gasteiger partial charge in [-0.05, 0) is 31.7 Å². The van der Waals surface area contributed by atoms with Crippen LogP contribution >= 0.6 is 12.2 Å². The molecule has 0 aromatic heterocycles. The van der Waals surface area contributed by atoms with E-state index in [2.05, 4.69) is 36.5 Å².